The highest BCUT2D eigenvalue weighted by Gasteiger charge is 1.95. The Hall–Kier alpha value is -1.28. The number of hydrogen-bond donors (Lipinski definition) is 0. The van der Waals surface area contributed by atoms with Crippen molar-refractivity contribution in [3.63, 3.8) is 0 Å². The minimum atomic E-state index is 0.614. The predicted molar refractivity (Wildman–Crippen MR) is 86.2 cm³/mol. The first kappa shape index (κ1) is 16.8. The summed E-state index contributed by atoms with van der Waals surface area (Å²) in [5, 5.41) is 0. The summed E-state index contributed by atoms with van der Waals surface area (Å²) in [6, 6.07) is 7.93. The molecule has 0 atom stereocenters. The van der Waals surface area contributed by atoms with Crippen molar-refractivity contribution in [3.05, 3.63) is 36.4 Å². The Bertz CT molecular complexity index is 343. The van der Waals surface area contributed by atoms with Crippen LogP contribution in [0, 0.1) is 0 Å². The molecule has 1 aromatic rings. The lowest BCUT2D eigenvalue weighted by molar-refractivity contribution is 0.0971. The van der Waals surface area contributed by atoms with E-state index in [1.165, 1.54) is 32.1 Å². The van der Waals surface area contributed by atoms with Gasteiger partial charge in [-0.25, -0.2) is 0 Å². The van der Waals surface area contributed by atoms with Gasteiger partial charge in [-0.3, -0.25) is 0 Å². The summed E-state index contributed by atoms with van der Waals surface area (Å²) in [4.78, 5) is 0. The lowest BCUT2D eigenvalue weighted by Crippen LogP contribution is -2.07. The maximum Gasteiger partial charge on any atom is 0.119 e. The molecule has 112 valence electrons. The fourth-order valence-electron chi connectivity index (χ4n) is 2.01. The Morgan fingerprint density at radius 3 is 2.30 bits per heavy atom. The summed E-state index contributed by atoms with van der Waals surface area (Å²) in [6.45, 7) is 8.10. The summed E-state index contributed by atoms with van der Waals surface area (Å²) in [5.41, 5.74) is 1.11. The van der Waals surface area contributed by atoms with Crippen LogP contribution in [0.2, 0.25) is 0 Å². The first-order chi connectivity index (χ1) is 9.86. The van der Waals surface area contributed by atoms with E-state index in [4.69, 9.17) is 9.47 Å². The van der Waals surface area contributed by atoms with Gasteiger partial charge in [0.15, 0.2) is 0 Å². The summed E-state index contributed by atoms with van der Waals surface area (Å²) in [7, 11) is 0. The molecule has 0 radical (unpaired) electrons. The average molecular weight is 276 g/mol. The van der Waals surface area contributed by atoms with E-state index in [9.17, 15) is 0 Å². The van der Waals surface area contributed by atoms with Crippen molar-refractivity contribution in [1.82, 2.24) is 0 Å². The van der Waals surface area contributed by atoms with E-state index in [-0.39, 0.29) is 0 Å². The van der Waals surface area contributed by atoms with Gasteiger partial charge in [-0.05, 0) is 24.1 Å². The van der Waals surface area contributed by atoms with Crippen LogP contribution in [0.25, 0.3) is 6.08 Å². The number of ether oxygens (including phenoxy) is 2. The summed E-state index contributed by atoms with van der Waals surface area (Å²) >= 11 is 0. The number of hydrogen-bond acceptors (Lipinski definition) is 2. The lowest BCUT2D eigenvalue weighted by atomic mass is 10.1. The molecule has 0 bridgehead atoms. The van der Waals surface area contributed by atoms with Crippen molar-refractivity contribution in [2.45, 2.75) is 45.4 Å². The molecule has 0 N–H and O–H groups in total. The molecule has 2 nitrogen and oxygen atoms in total. The average Bonchev–Trinajstić information content (AvgIpc) is 2.50. The quantitative estimate of drug-likeness (QED) is 0.495. The van der Waals surface area contributed by atoms with Crippen LogP contribution in [0.15, 0.2) is 30.8 Å². The van der Waals surface area contributed by atoms with Gasteiger partial charge in [-0.2, -0.15) is 0 Å². The Kier molecular flexibility index (Phi) is 9.68. The van der Waals surface area contributed by atoms with E-state index in [1.807, 2.05) is 30.3 Å². The molecule has 0 aromatic heterocycles. The third-order valence-corrected chi connectivity index (χ3v) is 3.25. The maximum atomic E-state index is 5.61. The van der Waals surface area contributed by atoms with Crippen molar-refractivity contribution in [3.8, 4) is 5.75 Å². The lowest BCUT2D eigenvalue weighted by Gasteiger charge is -2.07. The Morgan fingerprint density at radius 1 is 0.900 bits per heavy atom. The standard InChI is InChI=1S/C18H28O2/c1-3-5-6-7-8-9-14-19-15-16-20-18-12-10-17(4-2)11-13-18/h4,10-13H,2-3,5-9,14-16H2,1H3. The molecule has 0 saturated heterocycles. The Morgan fingerprint density at radius 2 is 1.60 bits per heavy atom. The molecule has 0 aliphatic heterocycles. The summed E-state index contributed by atoms with van der Waals surface area (Å²) in [6.07, 6.45) is 9.64. The molecule has 2 heteroatoms. The first-order valence-corrected chi connectivity index (χ1v) is 7.80. The van der Waals surface area contributed by atoms with Crippen molar-refractivity contribution < 1.29 is 9.47 Å². The highest BCUT2D eigenvalue weighted by molar-refractivity contribution is 5.48. The van der Waals surface area contributed by atoms with Crippen molar-refractivity contribution in [1.29, 1.82) is 0 Å². The van der Waals surface area contributed by atoms with Crippen LogP contribution < -0.4 is 4.74 Å². The zero-order valence-corrected chi connectivity index (χ0v) is 12.8. The van der Waals surface area contributed by atoms with Crippen LogP contribution >= 0.6 is 0 Å². The van der Waals surface area contributed by atoms with E-state index in [0.29, 0.717) is 13.2 Å². The number of benzene rings is 1. The molecule has 0 spiro atoms. The zero-order chi connectivity index (χ0) is 14.5. The summed E-state index contributed by atoms with van der Waals surface area (Å²) in [5.74, 6) is 0.888. The van der Waals surface area contributed by atoms with Crippen LogP contribution in [0.3, 0.4) is 0 Å². The minimum Gasteiger partial charge on any atom is -0.491 e. The van der Waals surface area contributed by atoms with Gasteiger partial charge < -0.3 is 9.47 Å². The Labute approximate surface area is 123 Å². The fraction of sp³-hybridized carbons (Fsp3) is 0.556. The largest absolute Gasteiger partial charge is 0.491 e. The Balaban J connectivity index is 1.92. The zero-order valence-electron chi connectivity index (χ0n) is 12.8. The fourth-order valence-corrected chi connectivity index (χ4v) is 2.01. The second kappa shape index (κ2) is 11.5. The minimum absolute atomic E-state index is 0.614. The molecular weight excluding hydrogens is 248 g/mol. The molecule has 20 heavy (non-hydrogen) atoms. The van der Waals surface area contributed by atoms with Gasteiger partial charge in [0.25, 0.3) is 0 Å². The van der Waals surface area contributed by atoms with Crippen LogP contribution in [-0.4, -0.2) is 19.8 Å². The normalized spacial score (nSPS) is 10.4. The maximum absolute atomic E-state index is 5.61. The van der Waals surface area contributed by atoms with Crippen LogP contribution in [0.4, 0.5) is 0 Å². The third kappa shape index (κ3) is 8.00. The van der Waals surface area contributed by atoms with E-state index in [0.717, 1.165) is 24.3 Å². The van der Waals surface area contributed by atoms with Crippen molar-refractivity contribution in [2.75, 3.05) is 19.8 Å². The topological polar surface area (TPSA) is 18.5 Å². The van der Waals surface area contributed by atoms with E-state index >= 15 is 0 Å². The first-order valence-electron chi connectivity index (χ1n) is 7.80. The van der Waals surface area contributed by atoms with Gasteiger partial charge in [0.1, 0.15) is 12.4 Å². The van der Waals surface area contributed by atoms with Crippen molar-refractivity contribution >= 4 is 6.08 Å². The molecule has 0 amide bonds. The van der Waals surface area contributed by atoms with Crippen LogP contribution in [0.5, 0.6) is 5.75 Å². The van der Waals surface area contributed by atoms with Gasteiger partial charge in [-0.15, -0.1) is 0 Å². The molecule has 0 unspecified atom stereocenters. The van der Waals surface area contributed by atoms with Gasteiger partial charge >= 0.3 is 0 Å². The van der Waals surface area contributed by atoms with Crippen LogP contribution in [-0.2, 0) is 4.74 Å². The van der Waals surface area contributed by atoms with Crippen LogP contribution in [0.1, 0.15) is 51.0 Å². The second-order valence-electron chi connectivity index (χ2n) is 5.00. The smallest absolute Gasteiger partial charge is 0.119 e. The molecule has 0 fully saturated rings. The SMILES string of the molecule is C=Cc1ccc(OCCOCCCCCCCC)cc1. The summed E-state index contributed by atoms with van der Waals surface area (Å²) < 4.78 is 11.2. The molecule has 1 aromatic carbocycles. The highest BCUT2D eigenvalue weighted by atomic mass is 16.5. The van der Waals surface area contributed by atoms with E-state index < -0.39 is 0 Å². The van der Waals surface area contributed by atoms with E-state index in [1.54, 1.807) is 0 Å². The number of rotatable bonds is 12. The molecule has 0 aliphatic carbocycles. The molecule has 0 heterocycles. The van der Waals surface area contributed by atoms with Gasteiger partial charge in [-0.1, -0.05) is 63.8 Å². The van der Waals surface area contributed by atoms with E-state index in [2.05, 4.69) is 13.5 Å². The van der Waals surface area contributed by atoms with Gasteiger partial charge in [0.2, 0.25) is 0 Å². The molecule has 0 saturated carbocycles. The number of unbranched alkanes of at least 4 members (excludes halogenated alkanes) is 5. The molecule has 1 rings (SSSR count). The third-order valence-electron chi connectivity index (χ3n) is 3.25. The van der Waals surface area contributed by atoms with Crippen molar-refractivity contribution in [2.24, 2.45) is 0 Å². The predicted octanol–water partition coefficient (Wildman–Crippen LogP) is 5.09. The highest BCUT2D eigenvalue weighted by Crippen LogP contribution is 2.12. The molecule has 0 aliphatic rings. The monoisotopic (exact) mass is 276 g/mol. The second-order valence-corrected chi connectivity index (χ2v) is 5.00. The molecular formula is C18H28O2. The van der Waals surface area contributed by atoms with Gasteiger partial charge in [0, 0.05) is 6.61 Å². The van der Waals surface area contributed by atoms with Gasteiger partial charge in [0.05, 0.1) is 6.61 Å².